The monoisotopic (exact) mass is 395 g/mol. The van der Waals surface area contributed by atoms with E-state index in [1.54, 1.807) is 13.2 Å². The van der Waals surface area contributed by atoms with Crippen molar-refractivity contribution in [2.24, 2.45) is 0 Å². The molecule has 3 rings (SSSR count). The summed E-state index contributed by atoms with van der Waals surface area (Å²) in [5.74, 6) is 0.733. The second kappa shape index (κ2) is 8.04. The number of alkyl halides is 3. The van der Waals surface area contributed by atoms with Crippen molar-refractivity contribution < 1.29 is 17.9 Å². The van der Waals surface area contributed by atoms with Crippen molar-refractivity contribution in [3.8, 4) is 5.75 Å². The van der Waals surface area contributed by atoms with Gasteiger partial charge in [-0.3, -0.25) is 0 Å². The van der Waals surface area contributed by atoms with Gasteiger partial charge in [0.25, 0.3) is 0 Å². The van der Waals surface area contributed by atoms with E-state index >= 15 is 0 Å². The molecular weight excluding hydrogens is 375 g/mol. The Morgan fingerprint density at radius 1 is 1.04 bits per heavy atom. The topological polar surface area (TPSA) is 27.7 Å². The summed E-state index contributed by atoms with van der Waals surface area (Å²) in [4.78, 5) is 3.96. The highest BCUT2D eigenvalue weighted by molar-refractivity contribution is 7.80. The van der Waals surface area contributed by atoms with Crippen LogP contribution in [0.4, 0.5) is 24.5 Å². The fourth-order valence-corrected chi connectivity index (χ4v) is 3.25. The van der Waals surface area contributed by atoms with E-state index in [0.29, 0.717) is 37.0 Å². The molecule has 0 unspecified atom stereocenters. The van der Waals surface area contributed by atoms with E-state index in [1.165, 1.54) is 12.1 Å². The lowest BCUT2D eigenvalue weighted by atomic mass is 10.1. The number of anilines is 2. The number of thiocarbonyl (C=S) groups is 1. The summed E-state index contributed by atoms with van der Waals surface area (Å²) in [7, 11) is 1.60. The van der Waals surface area contributed by atoms with Crippen LogP contribution in [0.3, 0.4) is 0 Å². The number of benzene rings is 2. The van der Waals surface area contributed by atoms with Gasteiger partial charge in [-0.05, 0) is 42.5 Å². The second-order valence-electron chi connectivity index (χ2n) is 6.18. The third kappa shape index (κ3) is 4.82. The average Bonchev–Trinajstić information content (AvgIpc) is 2.67. The molecule has 1 N–H and O–H groups in total. The summed E-state index contributed by atoms with van der Waals surface area (Å²) in [5.41, 5.74) is 0.786. The smallest absolute Gasteiger partial charge is 0.416 e. The van der Waals surface area contributed by atoms with Gasteiger partial charge in [0, 0.05) is 43.6 Å². The summed E-state index contributed by atoms with van der Waals surface area (Å²) < 4.78 is 43.9. The van der Waals surface area contributed by atoms with Crippen LogP contribution in [0.5, 0.6) is 5.75 Å². The Hall–Kier alpha value is -2.48. The van der Waals surface area contributed by atoms with Crippen molar-refractivity contribution in [1.29, 1.82) is 0 Å². The van der Waals surface area contributed by atoms with Crippen LogP contribution < -0.4 is 15.0 Å². The van der Waals surface area contributed by atoms with E-state index in [-0.39, 0.29) is 0 Å². The van der Waals surface area contributed by atoms with E-state index in [2.05, 4.69) is 5.32 Å². The highest BCUT2D eigenvalue weighted by atomic mass is 32.1. The molecule has 0 aliphatic carbocycles. The Morgan fingerprint density at radius 2 is 1.74 bits per heavy atom. The molecule has 0 aromatic heterocycles. The molecule has 1 aliphatic rings. The molecule has 4 nitrogen and oxygen atoms in total. The zero-order valence-electron chi connectivity index (χ0n) is 14.8. The molecule has 0 spiro atoms. The second-order valence-corrected chi connectivity index (χ2v) is 6.57. The van der Waals surface area contributed by atoms with Crippen molar-refractivity contribution >= 4 is 28.7 Å². The maximum Gasteiger partial charge on any atom is 0.416 e. The predicted octanol–water partition coefficient (Wildman–Crippen LogP) is 4.23. The van der Waals surface area contributed by atoms with Crippen LogP contribution in [0.25, 0.3) is 0 Å². The van der Waals surface area contributed by atoms with Crippen molar-refractivity contribution in [3.05, 3.63) is 54.1 Å². The lowest BCUT2D eigenvalue weighted by Gasteiger charge is -2.37. The minimum absolute atomic E-state index is 0.580. The van der Waals surface area contributed by atoms with Crippen molar-refractivity contribution in [3.63, 3.8) is 0 Å². The van der Waals surface area contributed by atoms with E-state index in [0.717, 1.165) is 17.5 Å². The van der Waals surface area contributed by atoms with Crippen LogP contribution in [-0.2, 0) is 6.18 Å². The molecule has 0 bridgehead atoms. The van der Waals surface area contributed by atoms with Crippen molar-refractivity contribution in [2.45, 2.75) is 6.18 Å². The number of ether oxygens (including phenoxy) is 1. The van der Waals surface area contributed by atoms with Gasteiger partial charge in [-0.2, -0.15) is 13.2 Å². The zero-order chi connectivity index (χ0) is 19.4. The van der Waals surface area contributed by atoms with Crippen LogP contribution in [-0.4, -0.2) is 43.3 Å². The Balaban J connectivity index is 1.59. The van der Waals surface area contributed by atoms with E-state index in [9.17, 15) is 13.2 Å². The largest absolute Gasteiger partial charge is 0.497 e. The number of nitrogens with one attached hydrogen (secondary N) is 1. The number of halogens is 3. The quantitative estimate of drug-likeness (QED) is 0.785. The molecule has 1 fully saturated rings. The summed E-state index contributed by atoms with van der Waals surface area (Å²) in [5, 5.41) is 3.77. The SMILES string of the molecule is COc1cccc(NC(=S)N2CCN(c3cccc(C(F)(F)F)c3)CC2)c1. The standard InChI is InChI=1S/C19H20F3N3OS/c1-26-17-7-3-5-15(13-17)23-18(27)25-10-8-24(9-11-25)16-6-2-4-14(12-16)19(20,21)22/h2-7,12-13H,8-11H2,1H3,(H,23,27). The molecular formula is C19H20F3N3OS. The maximum absolute atomic E-state index is 12.9. The molecule has 0 atom stereocenters. The average molecular weight is 395 g/mol. The van der Waals surface area contributed by atoms with Crippen LogP contribution in [0, 0.1) is 0 Å². The molecule has 0 radical (unpaired) electrons. The fraction of sp³-hybridized carbons (Fsp3) is 0.316. The molecule has 2 aromatic rings. The Morgan fingerprint density at radius 3 is 2.41 bits per heavy atom. The van der Waals surface area contributed by atoms with Gasteiger partial charge in [0.2, 0.25) is 0 Å². The minimum Gasteiger partial charge on any atom is -0.497 e. The fourth-order valence-electron chi connectivity index (χ4n) is 2.95. The van der Waals surface area contributed by atoms with Gasteiger partial charge in [-0.15, -0.1) is 0 Å². The molecule has 1 saturated heterocycles. The number of rotatable bonds is 3. The lowest BCUT2D eigenvalue weighted by molar-refractivity contribution is -0.137. The number of methoxy groups -OCH3 is 1. The molecule has 0 saturated carbocycles. The van der Waals surface area contributed by atoms with E-state index < -0.39 is 11.7 Å². The molecule has 27 heavy (non-hydrogen) atoms. The third-order valence-corrected chi connectivity index (χ3v) is 4.79. The van der Waals surface area contributed by atoms with Gasteiger partial charge in [0.1, 0.15) is 5.75 Å². The molecule has 1 heterocycles. The number of hydrogen-bond donors (Lipinski definition) is 1. The molecule has 1 aliphatic heterocycles. The molecule has 144 valence electrons. The van der Waals surface area contributed by atoms with Gasteiger partial charge >= 0.3 is 6.18 Å². The van der Waals surface area contributed by atoms with Gasteiger partial charge in [-0.25, -0.2) is 0 Å². The number of nitrogens with zero attached hydrogens (tertiary/aromatic N) is 2. The highest BCUT2D eigenvalue weighted by Gasteiger charge is 2.31. The van der Waals surface area contributed by atoms with E-state index in [4.69, 9.17) is 17.0 Å². The lowest BCUT2D eigenvalue weighted by Crippen LogP contribution is -2.50. The van der Waals surface area contributed by atoms with Gasteiger partial charge in [0.05, 0.1) is 12.7 Å². The zero-order valence-corrected chi connectivity index (χ0v) is 15.6. The maximum atomic E-state index is 12.9. The van der Waals surface area contributed by atoms with E-state index in [1.807, 2.05) is 34.1 Å². The first kappa shape index (κ1) is 19.3. The first-order valence-corrected chi connectivity index (χ1v) is 8.90. The van der Waals surface area contributed by atoms with Crippen molar-refractivity contribution in [2.75, 3.05) is 43.5 Å². The summed E-state index contributed by atoms with van der Waals surface area (Å²) in [6.07, 6.45) is -4.33. The number of piperazine rings is 1. The number of hydrogen-bond acceptors (Lipinski definition) is 3. The Kier molecular flexibility index (Phi) is 5.74. The van der Waals surface area contributed by atoms with Crippen LogP contribution >= 0.6 is 12.2 Å². The molecule has 2 aromatic carbocycles. The molecule has 0 amide bonds. The van der Waals surface area contributed by atoms with Crippen LogP contribution in [0.15, 0.2) is 48.5 Å². The normalized spacial score (nSPS) is 14.8. The van der Waals surface area contributed by atoms with Gasteiger partial charge < -0.3 is 19.9 Å². The Bertz CT molecular complexity index is 805. The first-order chi connectivity index (χ1) is 12.9. The third-order valence-electron chi connectivity index (χ3n) is 4.43. The van der Waals surface area contributed by atoms with Crippen molar-refractivity contribution in [1.82, 2.24) is 4.90 Å². The molecule has 8 heteroatoms. The first-order valence-electron chi connectivity index (χ1n) is 8.49. The predicted molar refractivity (Wildman–Crippen MR) is 104 cm³/mol. The van der Waals surface area contributed by atoms with Crippen LogP contribution in [0.2, 0.25) is 0 Å². The highest BCUT2D eigenvalue weighted by Crippen LogP contribution is 2.32. The minimum atomic E-state index is -4.33. The summed E-state index contributed by atoms with van der Waals surface area (Å²) >= 11 is 5.47. The summed E-state index contributed by atoms with van der Waals surface area (Å²) in [6.45, 7) is 2.46. The van der Waals surface area contributed by atoms with Crippen LogP contribution in [0.1, 0.15) is 5.56 Å². The van der Waals surface area contributed by atoms with Gasteiger partial charge in [-0.1, -0.05) is 12.1 Å². The van der Waals surface area contributed by atoms with Gasteiger partial charge in [0.15, 0.2) is 5.11 Å². The summed E-state index contributed by atoms with van der Waals surface area (Å²) in [6, 6.07) is 12.9. The Labute approximate surface area is 161 Å².